The Morgan fingerprint density at radius 1 is 1.21 bits per heavy atom. The molecule has 0 N–H and O–H groups in total. The van der Waals surface area contributed by atoms with Crippen molar-refractivity contribution in [3.8, 4) is 11.5 Å². The Morgan fingerprint density at radius 2 is 1.93 bits per heavy atom. The molecule has 1 aliphatic carbocycles. The zero-order valence-corrected chi connectivity index (χ0v) is 17.4. The molecule has 2 aromatic rings. The maximum absolute atomic E-state index is 13.5. The molecular weight excluding hydrogens is 401 g/mol. The average Bonchev–Trinajstić information content (AvgIpc) is 3.50. The van der Waals surface area contributed by atoms with Crippen molar-refractivity contribution < 1.29 is 17.7 Å². The van der Waals surface area contributed by atoms with Gasteiger partial charge in [-0.1, -0.05) is 0 Å². The zero-order chi connectivity index (χ0) is 20.9. The first-order valence-electron chi connectivity index (χ1n) is 9.73. The van der Waals surface area contributed by atoms with Crippen LogP contribution in [0.5, 0.6) is 0 Å². The summed E-state index contributed by atoms with van der Waals surface area (Å²) in [6.45, 7) is 3.89. The first kappa shape index (κ1) is 20.3. The number of fused-ring (bicyclic) bond motifs is 1. The van der Waals surface area contributed by atoms with Gasteiger partial charge in [-0.25, -0.2) is 9.97 Å². The Kier molecular flexibility index (Phi) is 5.14. The van der Waals surface area contributed by atoms with Crippen molar-refractivity contribution in [2.24, 2.45) is 7.05 Å². The minimum absolute atomic E-state index is 0.120. The second kappa shape index (κ2) is 7.36. The summed E-state index contributed by atoms with van der Waals surface area (Å²) in [7, 11) is 1.78. The van der Waals surface area contributed by atoms with Gasteiger partial charge < -0.3 is 14.0 Å². The summed E-state index contributed by atoms with van der Waals surface area (Å²) in [4.78, 5) is 11.1. The van der Waals surface area contributed by atoms with E-state index in [1.54, 1.807) is 18.5 Å². The number of hydrogen-bond donors (Lipinski definition) is 0. The predicted octanol–water partition coefficient (Wildman–Crippen LogP) is 4.23. The maximum Gasteiger partial charge on any atom is 0.431 e. The van der Waals surface area contributed by atoms with E-state index < -0.39 is 23.0 Å². The summed E-state index contributed by atoms with van der Waals surface area (Å²) >= 11 is -1.25. The van der Waals surface area contributed by atoms with Crippen molar-refractivity contribution in [2.75, 3.05) is 12.3 Å². The standard InChI is InChI=1S/C20H23F3N4OS/c1-4-27-11-15-14(10-17(27)20(21,22)23)25-19(26(15)3)18-16(29(28)5-2)9-8-13(24-18)12-6-7-12/h8-10,12H,4-7,11H2,1-3H3. The second-order valence-corrected chi connectivity index (χ2v) is 9.07. The van der Waals surface area contributed by atoms with Gasteiger partial charge in [0.1, 0.15) is 11.4 Å². The Balaban J connectivity index is 1.86. The summed E-state index contributed by atoms with van der Waals surface area (Å²) in [5, 5.41) is 0. The van der Waals surface area contributed by atoms with E-state index in [0.717, 1.165) is 24.6 Å². The van der Waals surface area contributed by atoms with E-state index in [4.69, 9.17) is 4.98 Å². The lowest BCUT2D eigenvalue weighted by Gasteiger charge is -2.30. The first-order valence-corrected chi connectivity index (χ1v) is 11.1. The number of alkyl halides is 3. The third kappa shape index (κ3) is 3.66. The van der Waals surface area contributed by atoms with Crippen LogP contribution in [0.1, 0.15) is 49.7 Å². The molecule has 3 heterocycles. The Labute approximate surface area is 170 Å². The quantitative estimate of drug-likeness (QED) is 0.675. The highest BCUT2D eigenvalue weighted by Gasteiger charge is 2.40. The minimum Gasteiger partial charge on any atom is -0.611 e. The van der Waals surface area contributed by atoms with Crippen molar-refractivity contribution in [3.05, 3.63) is 34.9 Å². The molecule has 0 aromatic carbocycles. The van der Waals surface area contributed by atoms with Gasteiger partial charge in [-0.3, -0.25) is 0 Å². The third-order valence-electron chi connectivity index (χ3n) is 5.47. The van der Waals surface area contributed by atoms with Gasteiger partial charge in [-0.05, 0) is 56.1 Å². The van der Waals surface area contributed by atoms with Crippen molar-refractivity contribution in [1.82, 2.24) is 19.4 Å². The van der Waals surface area contributed by atoms with Crippen LogP contribution in [0.15, 0.2) is 22.7 Å². The van der Waals surface area contributed by atoms with Gasteiger partial charge in [0, 0.05) is 25.2 Å². The highest BCUT2D eigenvalue weighted by molar-refractivity contribution is 7.91. The van der Waals surface area contributed by atoms with Crippen LogP contribution in [0.4, 0.5) is 13.2 Å². The molecule has 156 valence electrons. The number of pyridine rings is 1. The third-order valence-corrected chi connectivity index (χ3v) is 6.81. The fourth-order valence-corrected chi connectivity index (χ4v) is 4.55. The SMILES string of the molecule is CCN1Cc2c(nc(-c3nc(C4CC4)ccc3[S+]([O-])CC)n2C)C=C1C(F)(F)F. The van der Waals surface area contributed by atoms with Crippen LogP contribution in [0.2, 0.25) is 0 Å². The number of nitrogens with zero attached hydrogens (tertiary/aromatic N) is 4. The molecule has 29 heavy (non-hydrogen) atoms. The lowest BCUT2D eigenvalue weighted by Crippen LogP contribution is -2.34. The van der Waals surface area contributed by atoms with E-state index in [0.29, 0.717) is 39.5 Å². The summed E-state index contributed by atoms with van der Waals surface area (Å²) < 4.78 is 54.8. The van der Waals surface area contributed by atoms with Crippen molar-refractivity contribution in [3.63, 3.8) is 0 Å². The molecule has 0 radical (unpaired) electrons. The molecule has 0 saturated heterocycles. The summed E-state index contributed by atoms with van der Waals surface area (Å²) in [5.41, 5.74) is 1.75. The minimum atomic E-state index is -4.44. The van der Waals surface area contributed by atoms with Crippen molar-refractivity contribution in [2.45, 2.75) is 50.2 Å². The zero-order valence-electron chi connectivity index (χ0n) is 16.6. The number of allylic oxidation sites excluding steroid dienone is 1. The second-order valence-electron chi connectivity index (χ2n) is 7.36. The molecule has 9 heteroatoms. The monoisotopic (exact) mass is 424 g/mol. The first-order chi connectivity index (χ1) is 13.7. The Hall–Kier alpha value is -2.00. The van der Waals surface area contributed by atoms with Gasteiger partial charge in [0.2, 0.25) is 0 Å². The van der Waals surface area contributed by atoms with Gasteiger partial charge in [0.15, 0.2) is 16.4 Å². The number of hydrogen-bond acceptors (Lipinski definition) is 4. The van der Waals surface area contributed by atoms with Crippen LogP contribution in [0, 0.1) is 0 Å². The molecule has 1 aliphatic heterocycles. The van der Waals surface area contributed by atoms with Crippen molar-refractivity contribution in [1.29, 1.82) is 0 Å². The molecule has 5 nitrogen and oxygen atoms in total. The van der Waals surface area contributed by atoms with E-state index in [1.165, 1.54) is 4.90 Å². The van der Waals surface area contributed by atoms with Crippen LogP contribution < -0.4 is 0 Å². The van der Waals surface area contributed by atoms with Crippen LogP contribution in [-0.4, -0.2) is 42.5 Å². The fraction of sp³-hybridized carbons (Fsp3) is 0.500. The summed E-state index contributed by atoms with van der Waals surface area (Å²) in [6, 6.07) is 3.74. The molecule has 4 rings (SSSR count). The summed E-state index contributed by atoms with van der Waals surface area (Å²) in [6.07, 6.45) is -1.19. The summed E-state index contributed by atoms with van der Waals surface area (Å²) in [5.74, 6) is 1.30. The van der Waals surface area contributed by atoms with E-state index in [9.17, 15) is 17.7 Å². The van der Waals surface area contributed by atoms with Gasteiger partial charge in [-0.2, -0.15) is 13.2 Å². The van der Waals surface area contributed by atoms with E-state index in [1.807, 2.05) is 19.1 Å². The van der Waals surface area contributed by atoms with Crippen LogP contribution in [-0.2, 0) is 24.8 Å². The molecule has 2 aliphatic rings. The molecule has 0 amide bonds. The lowest BCUT2D eigenvalue weighted by atomic mass is 10.1. The molecule has 1 unspecified atom stereocenters. The molecular formula is C20H23F3N4OS. The van der Waals surface area contributed by atoms with Crippen LogP contribution >= 0.6 is 0 Å². The Morgan fingerprint density at radius 3 is 2.52 bits per heavy atom. The largest absolute Gasteiger partial charge is 0.611 e. The molecule has 0 spiro atoms. The maximum atomic E-state index is 13.5. The van der Waals surface area contributed by atoms with Crippen LogP contribution in [0.25, 0.3) is 17.6 Å². The van der Waals surface area contributed by atoms with Gasteiger partial charge in [0.05, 0.1) is 17.9 Å². The molecule has 1 atom stereocenters. The fourth-order valence-electron chi connectivity index (χ4n) is 3.67. The molecule has 2 aromatic heterocycles. The van der Waals surface area contributed by atoms with Crippen LogP contribution in [0.3, 0.4) is 0 Å². The topological polar surface area (TPSA) is 57.0 Å². The molecule has 0 bridgehead atoms. The molecule has 1 saturated carbocycles. The Bertz CT molecular complexity index is 965. The van der Waals surface area contributed by atoms with Crippen molar-refractivity contribution >= 4 is 17.3 Å². The highest BCUT2D eigenvalue weighted by atomic mass is 32.2. The molecule has 1 fully saturated rings. The number of aromatic nitrogens is 3. The smallest absolute Gasteiger partial charge is 0.431 e. The number of imidazole rings is 1. The van der Waals surface area contributed by atoms with E-state index >= 15 is 0 Å². The average molecular weight is 424 g/mol. The lowest BCUT2D eigenvalue weighted by molar-refractivity contribution is -0.111. The number of rotatable bonds is 5. The van der Waals surface area contributed by atoms with E-state index in [-0.39, 0.29) is 13.1 Å². The highest BCUT2D eigenvalue weighted by Crippen LogP contribution is 2.41. The van der Waals surface area contributed by atoms with Gasteiger partial charge in [0.25, 0.3) is 0 Å². The predicted molar refractivity (Wildman–Crippen MR) is 105 cm³/mol. The van der Waals surface area contributed by atoms with Gasteiger partial charge >= 0.3 is 6.18 Å². The van der Waals surface area contributed by atoms with E-state index in [2.05, 4.69) is 4.98 Å². The normalized spacial score (nSPS) is 17.9. The van der Waals surface area contributed by atoms with Gasteiger partial charge in [-0.15, -0.1) is 0 Å². The number of halogens is 3.